The molecule has 0 spiro atoms. The standard InChI is InChI=1S/C10H11F2NO/c1-14-8-4-6-5(2-3-7(6)13)9(11)10(8)12/h4,7H,2-3,13H2,1H3/t7-/m1/s1. The van der Waals surface area contributed by atoms with Crippen LogP contribution in [-0.4, -0.2) is 7.11 Å². The van der Waals surface area contributed by atoms with Gasteiger partial charge in [-0.2, -0.15) is 4.39 Å². The van der Waals surface area contributed by atoms with Crippen LogP contribution in [0.15, 0.2) is 6.07 Å². The number of hydrogen-bond donors (Lipinski definition) is 1. The molecular weight excluding hydrogens is 188 g/mol. The van der Waals surface area contributed by atoms with E-state index in [1.54, 1.807) is 0 Å². The molecule has 0 saturated carbocycles. The van der Waals surface area contributed by atoms with Gasteiger partial charge in [0.15, 0.2) is 11.6 Å². The number of hydrogen-bond acceptors (Lipinski definition) is 2. The Morgan fingerprint density at radius 3 is 2.79 bits per heavy atom. The topological polar surface area (TPSA) is 35.2 Å². The number of benzene rings is 1. The molecule has 4 heteroatoms. The number of nitrogens with two attached hydrogens (primary N) is 1. The van der Waals surface area contributed by atoms with Gasteiger partial charge in [-0.1, -0.05) is 0 Å². The van der Waals surface area contributed by atoms with E-state index >= 15 is 0 Å². The van der Waals surface area contributed by atoms with Crippen molar-refractivity contribution in [2.24, 2.45) is 5.73 Å². The lowest BCUT2D eigenvalue weighted by Crippen LogP contribution is -2.06. The molecule has 76 valence electrons. The highest BCUT2D eigenvalue weighted by molar-refractivity contribution is 5.42. The zero-order chi connectivity index (χ0) is 10.3. The maximum Gasteiger partial charge on any atom is 0.200 e. The molecule has 0 aliphatic heterocycles. The second-order valence-electron chi connectivity index (χ2n) is 3.42. The van der Waals surface area contributed by atoms with Crippen LogP contribution in [0.25, 0.3) is 0 Å². The summed E-state index contributed by atoms with van der Waals surface area (Å²) in [5.74, 6) is -1.80. The van der Waals surface area contributed by atoms with E-state index in [0.717, 1.165) is 0 Å². The van der Waals surface area contributed by atoms with Crippen LogP contribution in [0.5, 0.6) is 5.75 Å². The van der Waals surface area contributed by atoms with Crippen LogP contribution >= 0.6 is 0 Å². The Hall–Kier alpha value is -1.16. The molecule has 0 radical (unpaired) electrons. The fraction of sp³-hybridized carbons (Fsp3) is 0.400. The first-order valence-corrected chi connectivity index (χ1v) is 4.45. The maximum absolute atomic E-state index is 13.4. The Bertz CT molecular complexity index is 379. The fourth-order valence-electron chi connectivity index (χ4n) is 1.85. The third kappa shape index (κ3) is 1.18. The van der Waals surface area contributed by atoms with Crippen molar-refractivity contribution in [1.29, 1.82) is 0 Å². The summed E-state index contributed by atoms with van der Waals surface area (Å²) in [7, 11) is 1.31. The van der Waals surface area contributed by atoms with Gasteiger partial charge < -0.3 is 10.5 Å². The van der Waals surface area contributed by atoms with Crippen molar-refractivity contribution in [3.63, 3.8) is 0 Å². The van der Waals surface area contributed by atoms with Crippen molar-refractivity contribution in [3.8, 4) is 5.75 Å². The molecule has 14 heavy (non-hydrogen) atoms. The predicted octanol–water partition coefficient (Wildman–Crippen LogP) is 1.92. The number of halogens is 2. The molecule has 0 bridgehead atoms. The van der Waals surface area contributed by atoms with Crippen molar-refractivity contribution >= 4 is 0 Å². The van der Waals surface area contributed by atoms with Crippen molar-refractivity contribution in [1.82, 2.24) is 0 Å². The van der Waals surface area contributed by atoms with E-state index in [4.69, 9.17) is 10.5 Å². The largest absolute Gasteiger partial charge is 0.494 e. The first kappa shape index (κ1) is 9.40. The van der Waals surface area contributed by atoms with E-state index in [1.807, 2.05) is 0 Å². The maximum atomic E-state index is 13.4. The Morgan fingerprint density at radius 1 is 1.43 bits per heavy atom. The van der Waals surface area contributed by atoms with Gasteiger partial charge in [-0.15, -0.1) is 0 Å². The van der Waals surface area contributed by atoms with Gasteiger partial charge in [-0.3, -0.25) is 0 Å². The van der Waals surface area contributed by atoms with Crippen LogP contribution in [0.1, 0.15) is 23.6 Å². The molecule has 1 aromatic carbocycles. The minimum absolute atomic E-state index is 0.0707. The highest BCUT2D eigenvalue weighted by atomic mass is 19.2. The van der Waals surface area contributed by atoms with Crippen molar-refractivity contribution < 1.29 is 13.5 Å². The van der Waals surface area contributed by atoms with E-state index in [9.17, 15) is 8.78 Å². The summed E-state index contributed by atoms with van der Waals surface area (Å²) in [6.45, 7) is 0. The molecule has 0 aromatic heterocycles. The highest BCUT2D eigenvalue weighted by Crippen LogP contribution is 2.36. The van der Waals surface area contributed by atoms with Gasteiger partial charge in [-0.05, 0) is 30.0 Å². The van der Waals surface area contributed by atoms with E-state index in [0.29, 0.717) is 24.0 Å². The molecule has 2 nitrogen and oxygen atoms in total. The van der Waals surface area contributed by atoms with Gasteiger partial charge in [0.1, 0.15) is 0 Å². The molecule has 0 heterocycles. The summed E-state index contributed by atoms with van der Waals surface area (Å²) >= 11 is 0. The van der Waals surface area contributed by atoms with Crippen LogP contribution < -0.4 is 10.5 Å². The van der Waals surface area contributed by atoms with Crippen molar-refractivity contribution in [3.05, 3.63) is 28.8 Å². The van der Waals surface area contributed by atoms with Gasteiger partial charge in [0.2, 0.25) is 5.82 Å². The average Bonchev–Trinajstić information content (AvgIpc) is 2.54. The summed E-state index contributed by atoms with van der Waals surface area (Å²) in [6.07, 6.45) is 1.17. The van der Waals surface area contributed by atoms with E-state index in [-0.39, 0.29) is 11.8 Å². The number of ether oxygens (including phenoxy) is 1. The van der Waals surface area contributed by atoms with Crippen LogP contribution in [0.2, 0.25) is 0 Å². The second-order valence-corrected chi connectivity index (χ2v) is 3.42. The molecule has 0 unspecified atom stereocenters. The smallest absolute Gasteiger partial charge is 0.200 e. The van der Waals surface area contributed by atoms with Crippen molar-refractivity contribution in [2.45, 2.75) is 18.9 Å². The first-order valence-electron chi connectivity index (χ1n) is 4.45. The highest BCUT2D eigenvalue weighted by Gasteiger charge is 2.26. The molecule has 1 atom stereocenters. The number of methoxy groups -OCH3 is 1. The molecular formula is C10H11F2NO. The Kier molecular flexibility index (Phi) is 2.15. The Labute approximate surface area is 80.7 Å². The van der Waals surface area contributed by atoms with Gasteiger partial charge in [-0.25, -0.2) is 4.39 Å². The predicted molar refractivity (Wildman–Crippen MR) is 48.2 cm³/mol. The molecule has 2 rings (SSSR count). The van der Waals surface area contributed by atoms with E-state index in [1.165, 1.54) is 13.2 Å². The third-order valence-electron chi connectivity index (χ3n) is 2.63. The third-order valence-corrected chi connectivity index (χ3v) is 2.63. The minimum Gasteiger partial charge on any atom is -0.494 e. The van der Waals surface area contributed by atoms with Crippen LogP contribution in [0.3, 0.4) is 0 Å². The van der Waals surface area contributed by atoms with Crippen molar-refractivity contribution in [2.75, 3.05) is 7.11 Å². The average molecular weight is 199 g/mol. The van der Waals surface area contributed by atoms with Gasteiger partial charge in [0, 0.05) is 6.04 Å². The lowest BCUT2D eigenvalue weighted by Gasteiger charge is -2.09. The Balaban J connectivity index is 2.62. The summed E-state index contributed by atoms with van der Waals surface area (Å²) < 4.78 is 31.4. The normalized spacial score (nSPS) is 19.6. The summed E-state index contributed by atoms with van der Waals surface area (Å²) in [5.41, 5.74) is 6.81. The lowest BCUT2D eigenvalue weighted by molar-refractivity contribution is 0.370. The van der Waals surface area contributed by atoms with Crippen LogP contribution in [0, 0.1) is 11.6 Å². The Morgan fingerprint density at radius 2 is 2.14 bits per heavy atom. The zero-order valence-corrected chi connectivity index (χ0v) is 7.81. The summed E-state index contributed by atoms with van der Waals surface area (Å²) in [6, 6.07) is 1.29. The van der Waals surface area contributed by atoms with Gasteiger partial charge in [0.05, 0.1) is 7.11 Å². The summed E-state index contributed by atoms with van der Waals surface area (Å²) in [4.78, 5) is 0. The van der Waals surface area contributed by atoms with E-state index < -0.39 is 11.6 Å². The molecule has 0 saturated heterocycles. The quantitative estimate of drug-likeness (QED) is 0.749. The summed E-state index contributed by atoms with van der Waals surface area (Å²) in [5, 5.41) is 0. The van der Waals surface area contributed by atoms with Crippen LogP contribution in [0.4, 0.5) is 8.78 Å². The fourth-order valence-corrected chi connectivity index (χ4v) is 1.85. The molecule has 1 aromatic rings. The van der Waals surface area contributed by atoms with Crippen LogP contribution in [-0.2, 0) is 6.42 Å². The zero-order valence-electron chi connectivity index (χ0n) is 7.81. The lowest BCUT2D eigenvalue weighted by atomic mass is 10.1. The first-order chi connectivity index (χ1) is 6.65. The second kappa shape index (κ2) is 3.20. The molecule has 0 amide bonds. The number of rotatable bonds is 1. The monoisotopic (exact) mass is 199 g/mol. The van der Waals surface area contributed by atoms with Gasteiger partial charge in [0.25, 0.3) is 0 Å². The molecule has 0 fully saturated rings. The SMILES string of the molecule is COc1cc2c(c(F)c1F)CC[C@H]2N. The molecule has 2 N–H and O–H groups in total. The molecule has 1 aliphatic carbocycles. The molecule has 1 aliphatic rings. The minimum atomic E-state index is -0.916. The number of fused-ring (bicyclic) bond motifs is 1. The van der Waals surface area contributed by atoms with Gasteiger partial charge >= 0.3 is 0 Å². The van der Waals surface area contributed by atoms with E-state index in [2.05, 4.69) is 0 Å².